The maximum Gasteiger partial charge on any atom is 0.261 e. The highest BCUT2D eigenvalue weighted by atomic mass is 19.1. The van der Waals surface area contributed by atoms with Crippen molar-refractivity contribution in [3.63, 3.8) is 0 Å². The summed E-state index contributed by atoms with van der Waals surface area (Å²) in [5.74, 6) is -0.821. The lowest BCUT2D eigenvalue weighted by atomic mass is 9.96. The number of carbonyl (C=O) groups is 1. The zero-order valence-electron chi connectivity index (χ0n) is 15.8. The van der Waals surface area contributed by atoms with Gasteiger partial charge in [-0.25, -0.2) is 4.39 Å². The van der Waals surface area contributed by atoms with Gasteiger partial charge in [0.2, 0.25) is 0 Å². The smallest absolute Gasteiger partial charge is 0.261 e. The fraction of sp³-hybridized carbons (Fsp3) is 0.409. The van der Waals surface area contributed by atoms with Crippen LogP contribution >= 0.6 is 0 Å². The number of hydrogen-bond donors (Lipinski definition) is 1. The van der Waals surface area contributed by atoms with Crippen molar-refractivity contribution in [3.8, 4) is 0 Å². The van der Waals surface area contributed by atoms with Gasteiger partial charge in [-0.15, -0.1) is 0 Å². The minimum absolute atomic E-state index is 0.0896. The molecule has 0 bridgehead atoms. The molecule has 2 aromatic rings. The van der Waals surface area contributed by atoms with E-state index in [0.717, 1.165) is 42.7 Å². The van der Waals surface area contributed by atoms with Gasteiger partial charge in [-0.2, -0.15) is 0 Å². The van der Waals surface area contributed by atoms with E-state index in [9.17, 15) is 14.3 Å². The molecule has 5 nitrogen and oxygen atoms in total. The van der Waals surface area contributed by atoms with E-state index in [2.05, 4.69) is 4.90 Å². The highest BCUT2D eigenvalue weighted by Crippen LogP contribution is 2.31. The number of nitrogens with zero attached hydrogens (tertiary/aromatic N) is 2. The molecule has 1 amide bonds. The number of carbonyl (C=O) groups excluding carboxylic acids is 1. The first kappa shape index (κ1) is 19.1. The molecule has 2 heterocycles. The van der Waals surface area contributed by atoms with Crippen molar-refractivity contribution >= 4 is 11.6 Å². The summed E-state index contributed by atoms with van der Waals surface area (Å²) in [7, 11) is 0. The predicted octanol–water partition coefficient (Wildman–Crippen LogP) is 2.78. The van der Waals surface area contributed by atoms with Crippen LogP contribution in [0.25, 0.3) is 0 Å². The van der Waals surface area contributed by atoms with E-state index >= 15 is 0 Å². The van der Waals surface area contributed by atoms with Crippen LogP contribution in [0.5, 0.6) is 0 Å². The Morgan fingerprint density at radius 2 is 1.93 bits per heavy atom. The Balaban J connectivity index is 1.54. The molecule has 0 radical (unpaired) electrons. The van der Waals surface area contributed by atoms with Crippen molar-refractivity contribution in [2.24, 2.45) is 0 Å². The molecule has 0 aromatic heterocycles. The van der Waals surface area contributed by atoms with E-state index in [1.54, 1.807) is 17.0 Å². The Bertz CT molecular complexity index is 851. The summed E-state index contributed by atoms with van der Waals surface area (Å²) < 4.78 is 19.4. The van der Waals surface area contributed by atoms with Gasteiger partial charge in [-0.05, 0) is 42.2 Å². The quantitative estimate of drug-likeness (QED) is 0.881. The molecule has 0 spiro atoms. The molecule has 4 rings (SSSR count). The minimum atomic E-state index is -0.582. The van der Waals surface area contributed by atoms with E-state index in [-0.39, 0.29) is 11.5 Å². The summed E-state index contributed by atoms with van der Waals surface area (Å²) in [6.45, 7) is 4.18. The van der Waals surface area contributed by atoms with Gasteiger partial charge in [0, 0.05) is 31.9 Å². The minimum Gasteiger partial charge on any atom is -0.387 e. The highest BCUT2D eigenvalue weighted by Gasteiger charge is 2.26. The fourth-order valence-corrected chi connectivity index (χ4v) is 3.95. The van der Waals surface area contributed by atoms with E-state index in [1.807, 2.05) is 18.2 Å². The lowest BCUT2D eigenvalue weighted by molar-refractivity contribution is 0.0143. The van der Waals surface area contributed by atoms with Crippen LogP contribution in [0.15, 0.2) is 42.5 Å². The predicted molar refractivity (Wildman–Crippen MR) is 105 cm³/mol. The summed E-state index contributed by atoms with van der Waals surface area (Å²) in [5.41, 5.74) is 2.77. The number of fused-ring (bicyclic) bond motifs is 1. The summed E-state index contributed by atoms with van der Waals surface area (Å²) in [6, 6.07) is 11.8. The third kappa shape index (κ3) is 3.94. The maximum absolute atomic E-state index is 14.1. The van der Waals surface area contributed by atoms with Gasteiger partial charge in [0.15, 0.2) is 0 Å². The van der Waals surface area contributed by atoms with Gasteiger partial charge >= 0.3 is 0 Å². The number of amides is 1. The molecule has 6 heteroatoms. The summed E-state index contributed by atoms with van der Waals surface area (Å²) in [5, 5.41) is 10.7. The van der Waals surface area contributed by atoms with Crippen LogP contribution in [0.2, 0.25) is 0 Å². The number of β-amino-alcohol motifs (C(OH)–C–C–N with tert-alkyl or cyclic N) is 1. The first-order valence-corrected chi connectivity index (χ1v) is 9.81. The van der Waals surface area contributed by atoms with Crippen molar-refractivity contribution < 1.29 is 19.0 Å². The Labute approximate surface area is 164 Å². The lowest BCUT2D eigenvalue weighted by Gasteiger charge is -2.31. The number of benzene rings is 2. The number of morpholine rings is 1. The molecule has 1 atom stereocenters. The van der Waals surface area contributed by atoms with Gasteiger partial charge in [0.1, 0.15) is 5.82 Å². The average Bonchev–Trinajstić information content (AvgIpc) is 2.73. The van der Waals surface area contributed by atoms with E-state index in [0.29, 0.717) is 26.3 Å². The number of anilines is 1. The molecule has 28 heavy (non-hydrogen) atoms. The first-order valence-electron chi connectivity index (χ1n) is 9.81. The zero-order chi connectivity index (χ0) is 19.5. The third-order valence-electron chi connectivity index (χ3n) is 5.49. The fourth-order valence-electron chi connectivity index (χ4n) is 3.95. The molecular weight excluding hydrogens is 359 g/mol. The Hall–Kier alpha value is -2.28. The van der Waals surface area contributed by atoms with Crippen LogP contribution in [0.3, 0.4) is 0 Å². The molecule has 1 saturated heterocycles. The standard InChI is InChI=1S/C22H25FN2O3/c23-19-6-2-1-5-18(19)22(27)25-9-3-4-16-14-17(7-8-20(16)25)21(26)15-24-10-12-28-13-11-24/h1-2,5-8,14,21,26H,3-4,9-13,15H2. The summed E-state index contributed by atoms with van der Waals surface area (Å²) in [4.78, 5) is 16.7. The SMILES string of the molecule is O=C(c1ccccc1F)N1CCCc2cc(C(O)CN3CCOCC3)ccc21. The average molecular weight is 384 g/mol. The molecule has 148 valence electrons. The van der Waals surface area contributed by atoms with Crippen LogP contribution in [0.1, 0.15) is 34.0 Å². The van der Waals surface area contributed by atoms with Crippen molar-refractivity contribution in [3.05, 3.63) is 65.0 Å². The van der Waals surface area contributed by atoms with Crippen molar-refractivity contribution in [1.82, 2.24) is 4.90 Å². The van der Waals surface area contributed by atoms with Crippen LogP contribution in [0.4, 0.5) is 10.1 Å². The molecular formula is C22H25FN2O3. The maximum atomic E-state index is 14.1. The van der Waals surface area contributed by atoms with Crippen molar-refractivity contribution in [1.29, 1.82) is 0 Å². The van der Waals surface area contributed by atoms with E-state index in [1.165, 1.54) is 12.1 Å². The number of halogens is 1. The van der Waals surface area contributed by atoms with Crippen molar-refractivity contribution in [2.45, 2.75) is 18.9 Å². The normalized spacial score (nSPS) is 18.6. The highest BCUT2D eigenvalue weighted by molar-refractivity contribution is 6.06. The second-order valence-electron chi connectivity index (χ2n) is 7.36. The number of ether oxygens (including phenoxy) is 1. The topological polar surface area (TPSA) is 53.0 Å². The largest absolute Gasteiger partial charge is 0.387 e. The van der Waals surface area contributed by atoms with Gasteiger partial charge in [-0.3, -0.25) is 9.69 Å². The summed E-state index contributed by atoms with van der Waals surface area (Å²) >= 11 is 0. The lowest BCUT2D eigenvalue weighted by Crippen LogP contribution is -2.39. The van der Waals surface area contributed by atoms with Gasteiger partial charge in [0.05, 0.1) is 24.9 Å². The van der Waals surface area contributed by atoms with Crippen LogP contribution < -0.4 is 4.90 Å². The Morgan fingerprint density at radius 1 is 1.14 bits per heavy atom. The zero-order valence-corrected chi connectivity index (χ0v) is 15.8. The third-order valence-corrected chi connectivity index (χ3v) is 5.49. The summed E-state index contributed by atoms with van der Waals surface area (Å²) in [6.07, 6.45) is 1.08. The molecule has 2 aromatic carbocycles. The Morgan fingerprint density at radius 3 is 2.71 bits per heavy atom. The van der Waals surface area contributed by atoms with Crippen LogP contribution in [-0.2, 0) is 11.2 Å². The van der Waals surface area contributed by atoms with E-state index < -0.39 is 11.9 Å². The molecule has 0 saturated carbocycles. The van der Waals surface area contributed by atoms with Crippen LogP contribution in [-0.4, -0.2) is 55.3 Å². The molecule has 1 unspecified atom stereocenters. The van der Waals surface area contributed by atoms with E-state index in [4.69, 9.17) is 4.74 Å². The number of aryl methyl sites for hydroxylation is 1. The molecule has 2 aliphatic heterocycles. The number of hydrogen-bond acceptors (Lipinski definition) is 4. The van der Waals surface area contributed by atoms with Gasteiger partial charge < -0.3 is 14.7 Å². The first-order chi connectivity index (χ1) is 13.6. The number of aliphatic hydroxyl groups excluding tert-OH is 1. The molecule has 1 fully saturated rings. The second kappa shape index (κ2) is 8.39. The second-order valence-corrected chi connectivity index (χ2v) is 7.36. The van der Waals surface area contributed by atoms with Gasteiger partial charge in [0.25, 0.3) is 5.91 Å². The monoisotopic (exact) mass is 384 g/mol. The molecule has 2 aliphatic rings. The Kier molecular flexibility index (Phi) is 5.71. The molecule has 1 N–H and O–H groups in total. The van der Waals surface area contributed by atoms with Gasteiger partial charge in [-0.1, -0.05) is 24.3 Å². The van der Waals surface area contributed by atoms with Crippen LogP contribution in [0, 0.1) is 5.82 Å². The number of rotatable bonds is 4. The molecule has 0 aliphatic carbocycles. The number of aliphatic hydroxyl groups is 1. The van der Waals surface area contributed by atoms with Crippen molar-refractivity contribution in [2.75, 3.05) is 44.3 Å².